The molecule has 0 aliphatic carbocycles. The Bertz CT molecular complexity index is 755. The number of hydrogen-bond acceptors (Lipinski definition) is 4. The van der Waals surface area contributed by atoms with E-state index in [9.17, 15) is 13.5 Å². The summed E-state index contributed by atoms with van der Waals surface area (Å²) in [5.74, 6) is 0.133. The molecule has 2 atom stereocenters. The second-order valence-corrected chi connectivity index (χ2v) is 7.46. The van der Waals surface area contributed by atoms with E-state index in [1.165, 1.54) is 4.31 Å². The summed E-state index contributed by atoms with van der Waals surface area (Å²) >= 11 is 0. The Labute approximate surface area is 124 Å². The molecule has 112 valence electrons. The van der Waals surface area contributed by atoms with Gasteiger partial charge >= 0.3 is 0 Å². The maximum absolute atomic E-state index is 12.8. The minimum absolute atomic E-state index is 0.133. The van der Waals surface area contributed by atoms with Crippen LogP contribution in [0.3, 0.4) is 0 Å². The maximum atomic E-state index is 12.8. The van der Waals surface area contributed by atoms with Gasteiger partial charge in [-0.05, 0) is 24.5 Å². The minimum atomic E-state index is -3.60. The highest BCUT2D eigenvalue weighted by atomic mass is 32.2. The molecule has 1 aromatic heterocycles. The molecule has 0 bridgehead atoms. The lowest BCUT2D eigenvalue weighted by Gasteiger charge is -2.33. The van der Waals surface area contributed by atoms with Gasteiger partial charge in [0.2, 0.25) is 10.0 Å². The van der Waals surface area contributed by atoms with Crippen LogP contribution in [-0.4, -0.2) is 42.0 Å². The molecule has 1 fully saturated rings. The van der Waals surface area contributed by atoms with Crippen molar-refractivity contribution in [3.63, 3.8) is 0 Å². The van der Waals surface area contributed by atoms with E-state index < -0.39 is 16.1 Å². The summed E-state index contributed by atoms with van der Waals surface area (Å²) < 4.78 is 27.1. The van der Waals surface area contributed by atoms with Crippen molar-refractivity contribution >= 4 is 20.8 Å². The van der Waals surface area contributed by atoms with E-state index in [-0.39, 0.29) is 17.4 Å². The van der Waals surface area contributed by atoms with Crippen LogP contribution >= 0.6 is 0 Å². The summed E-state index contributed by atoms with van der Waals surface area (Å²) in [5, 5.41) is 11.4. The van der Waals surface area contributed by atoms with E-state index >= 15 is 0 Å². The largest absolute Gasteiger partial charge is 0.391 e. The van der Waals surface area contributed by atoms with Gasteiger partial charge in [-0.15, -0.1) is 0 Å². The van der Waals surface area contributed by atoms with Crippen molar-refractivity contribution in [2.24, 2.45) is 5.92 Å². The number of sulfonamides is 1. The molecule has 0 radical (unpaired) electrons. The van der Waals surface area contributed by atoms with Crippen molar-refractivity contribution in [3.8, 4) is 0 Å². The zero-order chi connectivity index (χ0) is 15.0. The monoisotopic (exact) mass is 306 g/mol. The number of aromatic nitrogens is 1. The van der Waals surface area contributed by atoms with Gasteiger partial charge in [-0.1, -0.05) is 19.1 Å². The lowest BCUT2D eigenvalue weighted by molar-refractivity contribution is 0.0605. The molecule has 0 spiro atoms. The number of benzene rings is 1. The van der Waals surface area contributed by atoms with Gasteiger partial charge in [-0.25, -0.2) is 8.42 Å². The Morgan fingerprint density at radius 1 is 1.33 bits per heavy atom. The molecule has 0 saturated carbocycles. The van der Waals surface area contributed by atoms with Crippen LogP contribution in [0.15, 0.2) is 41.6 Å². The topological polar surface area (TPSA) is 70.5 Å². The van der Waals surface area contributed by atoms with Gasteiger partial charge in [0.05, 0.1) is 11.0 Å². The summed E-state index contributed by atoms with van der Waals surface area (Å²) in [6.07, 6.45) is 3.31. The van der Waals surface area contributed by atoms with Crippen molar-refractivity contribution in [1.82, 2.24) is 9.29 Å². The molecule has 2 unspecified atom stereocenters. The number of pyridine rings is 1. The van der Waals surface area contributed by atoms with Crippen molar-refractivity contribution in [1.29, 1.82) is 0 Å². The third kappa shape index (κ3) is 2.54. The zero-order valence-corrected chi connectivity index (χ0v) is 12.6. The van der Waals surface area contributed by atoms with E-state index in [0.29, 0.717) is 18.4 Å². The number of hydrogen-bond donors (Lipinski definition) is 1. The minimum Gasteiger partial charge on any atom is -0.391 e. The Balaban J connectivity index is 2.05. The molecule has 6 heteroatoms. The van der Waals surface area contributed by atoms with Crippen molar-refractivity contribution < 1.29 is 13.5 Å². The lowest BCUT2D eigenvalue weighted by atomic mass is 9.98. The number of aliphatic hydroxyl groups excluding tert-OH is 1. The molecule has 3 rings (SSSR count). The molecule has 5 nitrogen and oxygen atoms in total. The van der Waals surface area contributed by atoms with Crippen molar-refractivity contribution in [2.45, 2.75) is 24.3 Å². The van der Waals surface area contributed by atoms with Crippen LogP contribution in [0.1, 0.15) is 13.3 Å². The number of fused-ring (bicyclic) bond motifs is 1. The van der Waals surface area contributed by atoms with Gasteiger partial charge in [0, 0.05) is 36.3 Å². The summed E-state index contributed by atoms with van der Waals surface area (Å²) in [4.78, 5) is 4.30. The summed E-state index contributed by atoms with van der Waals surface area (Å²) in [6.45, 7) is 2.55. The van der Waals surface area contributed by atoms with E-state index in [2.05, 4.69) is 4.98 Å². The third-order valence-electron chi connectivity index (χ3n) is 4.14. The van der Waals surface area contributed by atoms with E-state index in [1.54, 1.807) is 30.6 Å². The van der Waals surface area contributed by atoms with Crippen LogP contribution in [0.2, 0.25) is 0 Å². The SMILES string of the molecule is CC1CCN(S(=O)(=O)c2cccc3cnccc23)CC1O. The average molecular weight is 306 g/mol. The van der Waals surface area contributed by atoms with Crippen molar-refractivity contribution in [3.05, 3.63) is 36.7 Å². The van der Waals surface area contributed by atoms with E-state index in [1.807, 2.05) is 13.0 Å². The number of rotatable bonds is 2. The molecule has 2 aromatic rings. The van der Waals surface area contributed by atoms with Gasteiger partial charge in [0.25, 0.3) is 0 Å². The zero-order valence-electron chi connectivity index (χ0n) is 11.8. The summed E-state index contributed by atoms with van der Waals surface area (Å²) in [5.41, 5.74) is 0. The van der Waals surface area contributed by atoms with Crippen molar-refractivity contribution in [2.75, 3.05) is 13.1 Å². The molecule has 1 N–H and O–H groups in total. The highest BCUT2D eigenvalue weighted by Crippen LogP contribution is 2.28. The van der Waals surface area contributed by atoms with Crippen LogP contribution in [-0.2, 0) is 10.0 Å². The smallest absolute Gasteiger partial charge is 0.243 e. The van der Waals surface area contributed by atoms with Crippen LogP contribution in [0.25, 0.3) is 10.8 Å². The van der Waals surface area contributed by atoms with Gasteiger partial charge in [0.15, 0.2) is 0 Å². The molecule has 1 aliphatic rings. The molecular weight excluding hydrogens is 288 g/mol. The predicted molar refractivity (Wildman–Crippen MR) is 80.3 cm³/mol. The fraction of sp³-hybridized carbons (Fsp3) is 0.400. The molecule has 1 saturated heterocycles. The fourth-order valence-corrected chi connectivity index (χ4v) is 4.38. The number of nitrogens with zero attached hydrogens (tertiary/aromatic N) is 2. The second kappa shape index (κ2) is 5.36. The second-order valence-electron chi connectivity index (χ2n) is 5.55. The number of piperidine rings is 1. The molecule has 21 heavy (non-hydrogen) atoms. The quantitative estimate of drug-likeness (QED) is 0.915. The molecule has 1 aromatic carbocycles. The van der Waals surface area contributed by atoms with Crippen LogP contribution in [0, 0.1) is 5.92 Å². The fourth-order valence-electron chi connectivity index (χ4n) is 2.70. The van der Waals surface area contributed by atoms with Gasteiger partial charge in [-0.2, -0.15) is 4.31 Å². The first kappa shape index (κ1) is 14.4. The molecular formula is C15H18N2O3S. The van der Waals surface area contributed by atoms with E-state index in [4.69, 9.17) is 0 Å². The highest BCUT2D eigenvalue weighted by Gasteiger charge is 2.33. The molecule has 2 heterocycles. The average Bonchev–Trinajstić information content (AvgIpc) is 2.49. The summed E-state index contributed by atoms with van der Waals surface area (Å²) in [7, 11) is -3.60. The van der Waals surface area contributed by atoms with E-state index in [0.717, 1.165) is 5.39 Å². The van der Waals surface area contributed by atoms with Gasteiger partial charge in [-0.3, -0.25) is 4.98 Å². The molecule has 1 aliphatic heterocycles. The predicted octanol–water partition coefficient (Wildman–Crippen LogP) is 1.63. The normalized spacial score (nSPS) is 24.3. The Morgan fingerprint density at radius 2 is 2.14 bits per heavy atom. The maximum Gasteiger partial charge on any atom is 0.243 e. The Kier molecular flexibility index (Phi) is 3.69. The van der Waals surface area contributed by atoms with Gasteiger partial charge in [0.1, 0.15) is 0 Å². The van der Waals surface area contributed by atoms with Gasteiger partial charge < -0.3 is 5.11 Å². The number of aliphatic hydroxyl groups is 1. The standard InChI is InChI=1S/C15H18N2O3S/c1-11-6-8-17(10-14(11)18)21(19,20)15-4-2-3-12-9-16-7-5-13(12)15/h2-5,7,9,11,14,18H,6,8,10H2,1H3. The lowest BCUT2D eigenvalue weighted by Crippen LogP contribution is -2.45. The third-order valence-corrected chi connectivity index (χ3v) is 6.06. The first-order valence-electron chi connectivity index (χ1n) is 7.01. The first-order chi connectivity index (χ1) is 10.00. The summed E-state index contributed by atoms with van der Waals surface area (Å²) in [6, 6.07) is 6.89. The Morgan fingerprint density at radius 3 is 2.90 bits per heavy atom. The first-order valence-corrected chi connectivity index (χ1v) is 8.45. The Hall–Kier alpha value is -1.50. The van der Waals surface area contributed by atoms with Crippen LogP contribution < -0.4 is 0 Å². The number of β-amino-alcohol motifs (C(OH)–C–C–N with tert-alkyl or cyclic N) is 1. The highest BCUT2D eigenvalue weighted by molar-refractivity contribution is 7.89. The van der Waals surface area contributed by atoms with Crippen LogP contribution in [0.4, 0.5) is 0 Å². The van der Waals surface area contributed by atoms with Crippen LogP contribution in [0.5, 0.6) is 0 Å². The molecule has 0 amide bonds.